The number of fused-ring (bicyclic) bond motifs is 1. The normalized spacial score (nSPS) is 14.8. The van der Waals surface area contributed by atoms with Gasteiger partial charge in [0.25, 0.3) is 0 Å². The minimum absolute atomic E-state index is 1.19. The van der Waals surface area contributed by atoms with Crippen LogP contribution in [0.15, 0.2) is 24.3 Å². The standard InChI is InChI=1S/C10H9/c1-2-6-10-8-4-3-7-9(10)5-1/h1,4-5,7-8H,2,6H2. The number of aryl methyl sites for hydroxylation is 1. The molecule has 0 bridgehead atoms. The molecular weight excluding hydrogens is 120 g/mol. The monoisotopic (exact) mass is 129 g/mol. The van der Waals surface area contributed by atoms with E-state index in [1.54, 1.807) is 0 Å². The van der Waals surface area contributed by atoms with Crippen molar-refractivity contribution in [3.63, 3.8) is 0 Å². The minimum Gasteiger partial charge on any atom is -0.0836 e. The van der Waals surface area contributed by atoms with Crippen LogP contribution >= 0.6 is 0 Å². The van der Waals surface area contributed by atoms with Crippen LogP contribution in [0.25, 0.3) is 6.08 Å². The van der Waals surface area contributed by atoms with Gasteiger partial charge in [0, 0.05) is 0 Å². The van der Waals surface area contributed by atoms with Gasteiger partial charge in [0.2, 0.25) is 0 Å². The molecular formula is C10H9. The van der Waals surface area contributed by atoms with Gasteiger partial charge in [0.15, 0.2) is 0 Å². The fraction of sp³-hybridized carbons (Fsp3) is 0.200. The molecule has 1 aliphatic rings. The molecule has 0 nitrogen and oxygen atoms in total. The van der Waals surface area contributed by atoms with Gasteiger partial charge < -0.3 is 0 Å². The molecule has 2 rings (SSSR count). The van der Waals surface area contributed by atoms with E-state index >= 15 is 0 Å². The topological polar surface area (TPSA) is 0 Å². The van der Waals surface area contributed by atoms with Crippen LogP contribution in [-0.4, -0.2) is 0 Å². The molecule has 0 saturated carbocycles. The van der Waals surface area contributed by atoms with Crippen molar-refractivity contribution in [1.29, 1.82) is 0 Å². The van der Waals surface area contributed by atoms with Gasteiger partial charge in [-0.05, 0) is 36.1 Å². The SMILES string of the molecule is [c]1ccc2c(c1)C=CCC2. The average molecular weight is 129 g/mol. The van der Waals surface area contributed by atoms with Crippen molar-refractivity contribution in [1.82, 2.24) is 0 Å². The molecule has 0 amide bonds. The van der Waals surface area contributed by atoms with Gasteiger partial charge in [-0.15, -0.1) is 0 Å². The van der Waals surface area contributed by atoms with Crippen LogP contribution in [0, 0.1) is 6.07 Å². The summed E-state index contributed by atoms with van der Waals surface area (Å²) in [6.45, 7) is 0. The zero-order valence-corrected chi connectivity index (χ0v) is 5.80. The van der Waals surface area contributed by atoms with Gasteiger partial charge in [0.1, 0.15) is 0 Å². The quantitative estimate of drug-likeness (QED) is 0.504. The highest BCUT2D eigenvalue weighted by molar-refractivity contribution is 5.55. The highest BCUT2D eigenvalue weighted by Gasteiger charge is 2.00. The fourth-order valence-electron chi connectivity index (χ4n) is 1.31. The third kappa shape index (κ3) is 0.860. The predicted molar refractivity (Wildman–Crippen MR) is 42.6 cm³/mol. The second-order valence-electron chi connectivity index (χ2n) is 2.57. The molecule has 1 aromatic carbocycles. The van der Waals surface area contributed by atoms with Crippen LogP contribution in [-0.2, 0) is 6.42 Å². The summed E-state index contributed by atoms with van der Waals surface area (Å²) in [6.07, 6.45) is 6.78. The highest BCUT2D eigenvalue weighted by atomic mass is 14.1. The molecule has 0 aliphatic heterocycles. The largest absolute Gasteiger partial charge is 0.0836 e. The Morgan fingerprint density at radius 1 is 1.40 bits per heavy atom. The smallest absolute Gasteiger partial charge is 0.0178 e. The summed E-state index contributed by atoms with van der Waals surface area (Å²) in [7, 11) is 0. The maximum atomic E-state index is 3.07. The number of benzene rings is 1. The summed E-state index contributed by atoms with van der Waals surface area (Å²) < 4.78 is 0. The Morgan fingerprint density at radius 3 is 3.30 bits per heavy atom. The lowest BCUT2D eigenvalue weighted by Gasteiger charge is -2.07. The van der Waals surface area contributed by atoms with Gasteiger partial charge >= 0.3 is 0 Å². The van der Waals surface area contributed by atoms with Gasteiger partial charge in [-0.3, -0.25) is 0 Å². The molecule has 0 unspecified atom stereocenters. The maximum Gasteiger partial charge on any atom is -0.0178 e. The Labute approximate surface area is 61.2 Å². The van der Waals surface area contributed by atoms with E-state index in [4.69, 9.17) is 0 Å². The fourth-order valence-corrected chi connectivity index (χ4v) is 1.31. The zero-order valence-electron chi connectivity index (χ0n) is 5.80. The third-order valence-electron chi connectivity index (χ3n) is 1.87. The molecule has 0 fully saturated rings. The Bertz CT molecular complexity index is 258. The van der Waals surface area contributed by atoms with Gasteiger partial charge in [-0.25, -0.2) is 0 Å². The lowest BCUT2D eigenvalue weighted by atomic mass is 9.98. The molecule has 0 heterocycles. The van der Waals surface area contributed by atoms with E-state index < -0.39 is 0 Å². The van der Waals surface area contributed by atoms with E-state index in [2.05, 4.69) is 24.3 Å². The highest BCUT2D eigenvalue weighted by Crippen LogP contribution is 2.17. The van der Waals surface area contributed by atoms with Gasteiger partial charge in [-0.2, -0.15) is 0 Å². The van der Waals surface area contributed by atoms with Crippen LogP contribution in [0.1, 0.15) is 17.5 Å². The lowest BCUT2D eigenvalue weighted by Crippen LogP contribution is -1.91. The van der Waals surface area contributed by atoms with Crippen molar-refractivity contribution in [2.45, 2.75) is 12.8 Å². The minimum atomic E-state index is 1.19. The van der Waals surface area contributed by atoms with Gasteiger partial charge in [-0.1, -0.05) is 24.3 Å². The van der Waals surface area contributed by atoms with Crippen LogP contribution in [0.4, 0.5) is 0 Å². The molecule has 0 atom stereocenters. The summed E-state index contributed by atoms with van der Waals surface area (Å²) in [6, 6.07) is 9.25. The molecule has 0 N–H and O–H groups in total. The van der Waals surface area contributed by atoms with Crippen LogP contribution in [0.2, 0.25) is 0 Å². The number of rotatable bonds is 0. The molecule has 0 heteroatoms. The first kappa shape index (κ1) is 5.72. The van der Waals surface area contributed by atoms with Crippen molar-refractivity contribution in [3.8, 4) is 0 Å². The third-order valence-corrected chi connectivity index (χ3v) is 1.87. The van der Waals surface area contributed by atoms with Crippen molar-refractivity contribution < 1.29 is 0 Å². The van der Waals surface area contributed by atoms with Crippen LogP contribution in [0.5, 0.6) is 0 Å². The molecule has 0 spiro atoms. The molecule has 1 aromatic rings. The summed E-state index contributed by atoms with van der Waals surface area (Å²) in [5, 5.41) is 0. The van der Waals surface area contributed by atoms with Crippen molar-refractivity contribution in [2.75, 3.05) is 0 Å². The number of hydrogen-bond acceptors (Lipinski definition) is 0. The summed E-state index contributed by atoms with van der Waals surface area (Å²) in [5.41, 5.74) is 2.80. The average Bonchev–Trinajstić information content (AvgIpc) is 2.05. The Kier molecular flexibility index (Phi) is 1.31. The molecule has 10 heavy (non-hydrogen) atoms. The Balaban J connectivity index is 2.54. The zero-order chi connectivity index (χ0) is 6.81. The second kappa shape index (κ2) is 2.30. The summed E-state index contributed by atoms with van der Waals surface area (Å²) in [5.74, 6) is 0. The van der Waals surface area contributed by atoms with E-state index in [1.807, 2.05) is 12.1 Å². The predicted octanol–water partition coefficient (Wildman–Crippen LogP) is 2.45. The van der Waals surface area contributed by atoms with Crippen LogP contribution in [0.3, 0.4) is 0 Å². The molecule has 0 saturated heterocycles. The van der Waals surface area contributed by atoms with E-state index in [-0.39, 0.29) is 0 Å². The van der Waals surface area contributed by atoms with E-state index in [0.29, 0.717) is 0 Å². The Morgan fingerprint density at radius 2 is 2.40 bits per heavy atom. The van der Waals surface area contributed by atoms with E-state index in [1.165, 1.54) is 24.0 Å². The number of allylic oxidation sites excluding steroid dienone is 1. The summed E-state index contributed by atoms with van der Waals surface area (Å²) >= 11 is 0. The van der Waals surface area contributed by atoms with E-state index in [9.17, 15) is 0 Å². The van der Waals surface area contributed by atoms with Gasteiger partial charge in [0.05, 0.1) is 0 Å². The second-order valence-corrected chi connectivity index (χ2v) is 2.57. The molecule has 1 radical (unpaired) electrons. The van der Waals surface area contributed by atoms with E-state index in [0.717, 1.165) is 0 Å². The summed E-state index contributed by atoms with van der Waals surface area (Å²) in [4.78, 5) is 0. The number of hydrogen-bond donors (Lipinski definition) is 0. The first-order valence-corrected chi connectivity index (χ1v) is 3.62. The first-order chi connectivity index (χ1) is 4.97. The van der Waals surface area contributed by atoms with Crippen molar-refractivity contribution in [2.24, 2.45) is 0 Å². The van der Waals surface area contributed by atoms with Crippen molar-refractivity contribution in [3.05, 3.63) is 41.5 Å². The molecule has 1 aliphatic carbocycles. The first-order valence-electron chi connectivity index (χ1n) is 3.62. The Hall–Kier alpha value is -1.04. The molecule has 49 valence electrons. The lowest BCUT2D eigenvalue weighted by molar-refractivity contribution is 0.985. The van der Waals surface area contributed by atoms with Crippen molar-refractivity contribution >= 4 is 6.08 Å². The maximum absolute atomic E-state index is 3.07. The molecule has 0 aromatic heterocycles. The van der Waals surface area contributed by atoms with Crippen LogP contribution < -0.4 is 0 Å².